The van der Waals surface area contributed by atoms with E-state index < -0.39 is 0 Å². The molecule has 1 amide bonds. The lowest BCUT2D eigenvalue weighted by Crippen LogP contribution is -2.29. The van der Waals surface area contributed by atoms with Gasteiger partial charge in [-0.1, -0.05) is 42.3 Å². The minimum absolute atomic E-state index is 0.208. The molecule has 1 heterocycles. The number of ether oxygens (including phenoxy) is 2. The number of nitrogens with zero attached hydrogens (tertiary/aromatic N) is 1. The highest BCUT2D eigenvalue weighted by Gasteiger charge is 2.15. The highest BCUT2D eigenvalue weighted by atomic mass is 35.5. The van der Waals surface area contributed by atoms with E-state index in [1.165, 1.54) is 52.1 Å². The fourth-order valence-electron chi connectivity index (χ4n) is 3.47. The SMILES string of the molecule is COc1cc(C(=O)NCc2ccc(CN3CCCCC3)cc2)cc(Cl)c1OC. The average Bonchev–Trinajstić information content (AvgIpc) is 2.73. The number of hydrogen-bond acceptors (Lipinski definition) is 4. The van der Waals surface area contributed by atoms with Crippen molar-refractivity contribution in [2.24, 2.45) is 0 Å². The van der Waals surface area contributed by atoms with Crippen LogP contribution in [0.1, 0.15) is 40.7 Å². The second kappa shape index (κ2) is 9.80. The Morgan fingerprint density at radius 3 is 2.36 bits per heavy atom. The molecule has 1 aliphatic heterocycles. The van der Waals surface area contributed by atoms with Crippen LogP contribution in [0.15, 0.2) is 36.4 Å². The molecule has 2 aromatic carbocycles. The van der Waals surface area contributed by atoms with Gasteiger partial charge in [0.05, 0.1) is 19.2 Å². The van der Waals surface area contributed by atoms with Gasteiger partial charge in [0.25, 0.3) is 5.91 Å². The summed E-state index contributed by atoms with van der Waals surface area (Å²) in [6.07, 6.45) is 3.94. The van der Waals surface area contributed by atoms with Gasteiger partial charge in [-0.3, -0.25) is 9.69 Å². The third kappa shape index (κ3) is 5.18. The van der Waals surface area contributed by atoms with E-state index in [2.05, 4.69) is 34.5 Å². The standard InChI is InChI=1S/C22H27ClN2O3/c1-27-20-13-18(12-19(23)21(20)28-2)22(26)24-14-16-6-8-17(9-7-16)15-25-10-4-3-5-11-25/h6-9,12-13H,3-5,10-11,14-15H2,1-2H3,(H,24,26). The molecule has 28 heavy (non-hydrogen) atoms. The molecule has 1 aliphatic rings. The van der Waals surface area contributed by atoms with Crippen LogP contribution in [0.25, 0.3) is 0 Å². The summed E-state index contributed by atoms with van der Waals surface area (Å²) in [7, 11) is 3.03. The number of amides is 1. The Morgan fingerprint density at radius 2 is 1.71 bits per heavy atom. The van der Waals surface area contributed by atoms with Gasteiger partial charge in [-0.2, -0.15) is 0 Å². The maximum absolute atomic E-state index is 12.5. The van der Waals surface area contributed by atoms with Crippen LogP contribution in [0.5, 0.6) is 11.5 Å². The molecule has 0 aromatic heterocycles. The number of rotatable bonds is 7. The summed E-state index contributed by atoms with van der Waals surface area (Å²) in [5.41, 5.74) is 2.80. The first-order valence-corrected chi connectivity index (χ1v) is 9.98. The third-order valence-corrected chi connectivity index (χ3v) is 5.31. The second-order valence-corrected chi connectivity index (χ2v) is 7.44. The molecule has 0 saturated carbocycles. The molecule has 0 unspecified atom stereocenters. The van der Waals surface area contributed by atoms with Gasteiger partial charge in [-0.15, -0.1) is 0 Å². The van der Waals surface area contributed by atoms with Crippen LogP contribution in [0.2, 0.25) is 5.02 Å². The molecule has 1 saturated heterocycles. The highest BCUT2D eigenvalue weighted by Crippen LogP contribution is 2.35. The lowest BCUT2D eigenvalue weighted by atomic mass is 10.1. The first kappa shape index (κ1) is 20.5. The summed E-state index contributed by atoms with van der Waals surface area (Å²) in [6.45, 7) is 3.82. The first-order valence-electron chi connectivity index (χ1n) is 9.60. The highest BCUT2D eigenvalue weighted by molar-refractivity contribution is 6.32. The van der Waals surface area contributed by atoms with Gasteiger partial charge in [0.1, 0.15) is 0 Å². The number of halogens is 1. The zero-order chi connectivity index (χ0) is 19.9. The van der Waals surface area contributed by atoms with Crippen molar-refractivity contribution in [3.63, 3.8) is 0 Å². The molecule has 0 spiro atoms. The number of carbonyl (C=O) groups excluding carboxylic acids is 1. The number of nitrogens with one attached hydrogen (secondary N) is 1. The Hall–Kier alpha value is -2.24. The van der Waals surface area contributed by atoms with Crippen molar-refractivity contribution in [1.29, 1.82) is 0 Å². The maximum atomic E-state index is 12.5. The topological polar surface area (TPSA) is 50.8 Å². The minimum Gasteiger partial charge on any atom is -0.493 e. The molecule has 0 atom stereocenters. The quantitative estimate of drug-likeness (QED) is 0.751. The van der Waals surface area contributed by atoms with E-state index in [4.69, 9.17) is 21.1 Å². The van der Waals surface area contributed by atoms with Crippen molar-refractivity contribution in [3.05, 3.63) is 58.1 Å². The predicted octanol–water partition coefficient (Wildman–Crippen LogP) is 4.27. The Bertz CT molecular complexity index is 802. The molecule has 5 nitrogen and oxygen atoms in total. The number of likely N-dealkylation sites (tertiary alicyclic amines) is 1. The van der Waals surface area contributed by atoms with Gasteiger partial charge in [0, 0.05) is 18.7 Å². The van der Waals surface area contributed by atoms with Gasteiger partial charge >= 0.3 is 0 Å². The van der Waals surface area contributed by atoms with Crippen LogP contribution in [0.3, 0.4) is 0 Å². The number of piperidine rings is 1. The molecule has 3 rings (SSSR count). The van der Waals surface area contributed by atoms with Gasteiger partial charge in [-0.25, -0.2) is 0 Å². The fraction of sp³-hybridized carbons (Fsp3) is 0.409. The number of hydrogen-bond donors (Lipinski definition) is 1. The third-order valence-electron chi connectivity index (χ3n) is 5.03. The lowest BCUT2D eigenvalue weighted by molar-refractivity contribution is 0.0950. The van der Waals surface area contributed by atoms with E-state index in [1.54, 1.807) is 12.1 Å². The van der Waals surface area contributed by atoms with Crippen molar-refractivity contribution in [1.82, 2.24) is 10.2 Å². The van der Waals surface area contributed by atoms with E-state index in [9.17, 15) is 4.79 Å². The summed E-state index contributed by atoms with van der Waals surface area (Å²) >= 11 is 6.18. The zero-order valence-corrected chi connectivity index (χ0v) is 17.2. The first-order chi connectivity index (χ1) is 13.6. The van der Waals surface area contributed by atoms with Crippen molar-refractivity contribution in [2.45, 2.75) is 32.4 Å². The molecule has 0 bridgehead atoms. The molecule has 2 aromatic rings. The monoisotopic (exact) mass is 402 g/mol. The van der Waals surface area contributed by atoms with E-state index in [1.807, 2.05) is 0 Å². The summed E-state index contributed by atoms with van der Waals surface area (Å²) in [5, 5.41) is 3.27. The van der Waals surface area contributed by atoms with Crippen molar-refractivity contribution in [3.8, 4) is 11.5 Å². The van der Waals surface area contributed by atoms with Crippen LogP contribution >= 0.6 is 11.6 Å². The van der Waals surface area contributed by atoms with Gasteiger partial charge in [0.2, 0.25) is 0 Å². The maximum Gasteiger partial charge on any atom is 0.251 e. The molecule has 150 valence electrons. The Kier molecular flexibility index (Phi) is 7.18. The van der Waals surface area contributed by atoms with Crippen LogP contribution in [-0.4, -0.2) is 38.1 Å². The summed E-state index contributed by atoms with van der Waals surface area (Å²) in [6, 6.07) is 11.6. The molecule has 0 radical (unpaired) electrons. The molecular weight excluding hydrogens is 376 g/mol. The molecule has 6 heteroatoms. The molecule has 1 N–H and O–H groups in total. The number of benzene rings is 2. The van der Waals surface area contributed by atoms with Crippen LogP contribution < -0.4 is 14.8 Å². The summed E-state index contributed by atoms with van der Waals surface area (Å²) in [5.74, 6) is 0.646. The van der Waals surface area contributed by atoms with E-state index >= 15 is 0 Å². The summed E-state index contributed by atoms with van der Waals surface area (Å²) < 4.78 is 10.5. The number of carbonyl (C=O) groups is 1. The molecule has 1 fully saturated rings. The van der Waals surface area contributed by atoms with Crippen molar-refractivity contribution in [2.75, 3.05) is 27.3 Å². The Morgan fingerprint density at radius 1 is 1.04 bits per heavy atom. The van der Waals surface area contributed by atoms with Crippen molar-refractivity contribution >= 4 is 17.5 Å². The zero-order valence-electron chi connectivity index (χ0n) is 16.5. The molecular formula is C22H27ClN2O3. The fourth-order valence-corrected chi connectivity index (χ4v) is 3.76. The van der Waals surface area contributed by atoms with Gasteiger partial charge < -0.3 is 14.8 Å². The lowest BCUT2D eigenvalue weighted by Gasteiger charge is -2.26. The van der Waals surface area contributed by atoms with Crippen LogP contribution in [-0.2, 0) is 13.1 Å². The van der Waals surface area contributed by atoms with E-state index in [0.717, 1.165) is 12.1 Å². The average molecular weight is 403 g/mol. The Labute approximate surface area is 171 Å². The number of methoxy groups -OCH3 is 2. The van der Waals surface area contributed by atoms with E-state index in [-0.39, 0.29) is 5.91 Å². The second-order valence-electron chi connectivity index (χ2n) is 7.03. The van der Waals surface area contributed by atoms with Gasteiger partial charge in [-0.05, 0) is 49.2 Å². The summed E-state index contributed by atoms with van der Waals surface area (Å²) in [4.78, 5) is 15.0. The van der Waals surface area contributed by atoms with Crippen LogP contribution in [0, 0.1) is 0 Å². The van der Waals surface area contributed by atoms with Crippen LogP contribution in [0.4, 0.5) is 0 Å². The minimum atomic E-state index is -0.208. The normalized spacial score (nSPS) is 14.5. The van der Waals surface area contributed by atoms with E-state index in [0.29, 0.717) is 28.6 Å². The molecule has 0 aliphatic carbocycles. The van der Waals surface area contributed by atoms with Crippen molar-refractivity contribution < 1.29 is 14.3 Å². The van der Waals surface area contributed by atoms with Gasteiger partial charge in [0.15, 0.2) is 11.5 Å². The predicted molar refractivity (Wildman–Crippen MR) is 111 cm³/mol. The largest absolute Gasteiger partial charge is 0.493 e. The Balaban J connectivity index is 1.57. The smallest absolute Gasteiger partial charge is 0.251 e.